The SMILES string of the molecule is CC(C)C(C)NC(=O)c1cc(Cl)ccc1OCc1ccccc1. The molecule has 1 amide bonds. The van der Waals surface area contributed by atoms with E-state index in [1.54, 1.807) is 18.2 Å². The zero-order valence-electron chi connectivity index (χ0n) is 13.7. The van der Waals surface area contributed by atoms with Gasteiger partial charge in [-0.1, -0.05) is 55.8 Å². The van der Waals surface area contributed by atoms with E-state index >= 15 is 0 Å². The minimum Gasteiger partial charge on any atom is -0.488 e. The summed E-state index contributed by atoms with van der Waals surface area (Å²) in [5, 5.41) is 3.50. The summed E-state index contributed by atoms with van der Waals surface area (Å²) in [4.78, 5) is 12.5. The first-order valence-corrected chi connectivity index (χ1v) is 8.12. The fourth-order valence-electron chi connectivity index (χ4n) is 1.99. The van der Waals surface area contributed by atoms with Crippen LogP contribution in [0.2, 0.25) is 5.02 Å². The number of benzene rings is 2. The predicted molar refractivity (Wildman–Crippen MR) is 94.0 cm³/mol. The predicted octanol–water partition coefficient (Wildman–Crippen LogP) is 4.69. The molecule has 0 aliphatic heterocycles. The largest absolute Gasteiger partial charge is 0.488 e. The number of hydrogen-bond donors (Lipinski definition) is 1. The van der Waals surface area contributed by atoms with Crippen LogP contribution in [0.5, 0.6) is 5.75 Å². The molecule has 1 atom stereocenters. The lowest BCUT2D eigenvalue weighted by molar-refractivity contribution is 0.0926. The average molecular weight is 332 g/mol. The molecule has 0 saturated carbocycles. The molecule has 2 aromatic carbocycles. The van der Waals surface area contributed by atoms with Crippen LogP contribution in [-0.2, 0) is 6.61 Å². The molecule has 0 spiro atoms. The fraction of sp³-hybridized carbons (Fsp3) is 0.316. The molecular formula is C19H22ClNO2. The first-order valence-electron chi connectivity index (χ1n) is 7.74. The van der Waals surface area contributed by atoms with E-state index in [0.29, 0.717) is 28.9 Å². The van der Waals surface area contributed by atoms with Crippen LogP contribution in [0.3, 0.4) is 0 Å². The topological polar surface area (TPSA) is 38.3 Å². The molecule has 0 aliphatic rings. The quantitative estimate of drug-likeness (QED) is 0.833. The Balaban J connectivity index is 2.15. The second kappa shape index (κ2) is 8.02. The monoisotopic (exact) mass is 331 g/mol. The Morgan fingerprint density at radius 2 is 1.83 bits per heavy atom. The van der Waals surface area contributed by atoms with Crippen LogP contribution < -0.4 is 10.1 Å². The Morgan fingerprint density at radius 1 is 1.13 bits per heavy atom. The van der Waals surface area contributed by atoms with E-state index < -0.39 is 0 Å². The van der Waals surface area contributed by atoms with Gasteiger partial charge in [-0.15, -0.1) is 0 Å². The Hall–Kier alpha value is -2.00. The van der Waals surface area contributed by atoms with Gasteiger partial charge >= 0.3 is 0 Å². The summed E-state index contributed by atoms with van der Waals surface area (Å²) >= 11 is 6.04. The highest BCUT2D eigenvalue weighted by Crippen LogP contribution is 2.24. The molecule has 0 aliphatic carbocycles. The second-order valence-electron chi connectivity index (χ2n) is 5.92. The van der Waals surface area contributed by atoms with Gasteiger partial charge in [0.25, 0.3) is 5.91 Å². The number of hydrogen-bond acceptors (Lipinski definition) is 2. The Kier molecular flexibility index (Phi) is 6.05. The van der Waals surface area contributed by atoms with Gasteiger partial charge in [0, 0.05) is 11.1 Å². The van der Waals surface area contributed by atoms with Gasteiger partial charge in [-0.2, -0.15) is 0 Å². The molecule has 3 nitrogen and oxygen atoms in total. The van der Waals surface area contributed by atoms with Crippen molar-refractivity contribution < 1.29 is 9.53 Å². The fourth-order valence-corrected chi connectivity index (χ4v) is 2.16. The molecule has 0 bridgehead atoms. The maximum absolute atomic E-state index is 12.5. The zero-order chi connectivity index (χ0) is 16.8. The molecule has 122 valence electrons. The third-order valence-electron chi connectivity index (χ3n) is 3.78. The van der Waals surface area contributed by atoms with Crippen LogP contribution in [0.4, 0.5) is 0 Å². The number of rotatable bonds is 6. The first-order chi connectivity index (χ1) is 11.0. The molecule has 1 unspecified atom stereocenters. The summed E-state index contributed by atoms with van der Waals surface area (Å²) in [5.41, 5.74) is 1.50. The minimum atomic E-state index is -0.170. The maximum Gasteiger partial charge on any atom is 0.255 e. The van der Waals surface area contributed by atoms with E-state index in [-0.39, 0.29) is 11.9 Å². The molecule has 0 saturated heterocycles. The van der Waals surface area contributed by atoms with E-state index in [4.69, 9.17) is 16.3 Å². The lowest BCUT2D eigenvalue weighted by atomic mass is 10.1. The minimum absolute atomic E-state index is 0.0726. The van der Waals surface area contributed by atoms with Gasteiger partial charge in [-0.05, 0) is 36.6 Å². The summed E-state index contributed by atoms with van der Waals surface area (Å²) in [5.74, 6) is 0.718. The van der Waals surface area contributed by atoms with Crippen LogP contribution in [0.15, 0.2) is 48.5 Å². The number of halogens is 1. The van der Waals surface area contributed by atoms with Crippen molar-refractivity contribution in [3.05, 3.63) is 64.7 Å². The summed E-state index contributed by atoms with van der Waals surface area (Å²) in [6.07, 6.45) is 0. The van der Waals surface area contributed by atoms with Crippen molar-refractivity contribution in [2.45, 2.75) is 33.4 Å². The van der Waals surface area contributed by atoms with E-state index in [0.717, 1.165) is 5.56 Å². The third kappa shape index (κ3) is 5.00. The maximum atomic E-state index is 12.5. The van der Waals surface area contributed by atoms with Gasteiger partial charge in [0.2, 0.25) is 0 Å². The molecule has 0 radical (unpaired) electrons. The van der Waals surface area contributed by atoms with Crippen molar-refractivity contribution in [3.8, 4) is 5.75 Å². The van der Waals surface area contributed by atoms with Gasteiger partial charge in [0.15, 0.2) is 0 Å². The summed E-state index contributed by atoms with van der Waals surface area (Å²) in [6, 6.07) is 15.0. The van der Waals surface area contributed by atoms with Crippen molar-refractivity contribution >= 4 is 17.5 Å². The molecular weight excluding hydrogens is 310 g/mol. The highest BCUT2D eigenvalue weighted by molar-refractivity contribution is 6.31. The Morgan fingerprint density at radius 3 is 2.48 bits per heavy atom. The standard InChI is InChI=1S/C19H22ClNO2/c1-13(2)14(3)21-19(22)17-11-16(20)9-10-18(17)23-12-15-7-5-4-6-8-15/h4-11,13-14H,12H2,1-3H3,(H,21,22). The lowest BCUT2D eigenvalue weighted by Gasteiger charge is -2.19. The van der Waals surface area contributed by atoms with Gasteiger partial charge in [0.1, 0.15) is 12.4 Å². The summed E-state index contributed by atoms with van der Waals surface area (Å²) in [7, 11) is 0. The molecule has 0 fully saturated rings. The lowest BCUT2D eigenvalue weighted by Crippen LogP contribution is -2.36. The van der Waals surface area contributed by atoms with Crippen molar-refractivity contribution in [1.29, 1.82) is 0 Å². The third-order valence-corrected chi connectivity index (χ3v) is 4.02. The van der Waals surface area contributed by atoms with E-state index in [9.17, 15) is 4.79 Å². The van der Waals surface area contributed by atoms with Gasteiger partial charge in [-0.3, -0.25) is 4.79 Å². The number of carbonyl (C=O) groups is 1. The number of ether oxygens (including phenoxy) is 1. The molecule has 0 aromatic heterocycles. The summed E-state index contributed by atoms with van der Waals surface area (Å²) < 4.78 is 5.82. The highest BCUT2D eigenvalue weighted by atomic mass is 35.5. The number of amides is 1. The van der Waals surface area contributed by atoms with Gasteiger partial charge in [-0.25, -0.2) is 0 Å². The second-order valence-corrected chi connectivity index (χ2v) is 6.36. The Bertz CT molecular complexity index is 656. The highest BCUT2D eigenvalue weighted by Gasteiger charge is 2.17. The number of nitrogens with one attached hydrogen (secondary N) is 1. The van der Waals surface area contributed by atoms with Crippen LogP contribution in [-0.4, -0.2) is 11.9 Å². The molecule has 0 heterocycles. The zero-order valence-corrected chi connectivity index (χ0v) is 14.4. The number of carbonyl (C=O) groups excluding carboxylic acids is 1. The normalized spacial score (nSPS) is 12.0. The first kappa shape index (κ1) is 17.4. The van der Waals surface area contributed by atoms with E-state index in [1.807, 2.05) is 37.3 Å². The van der Waals surface area contributed by atoms with Gasteiger partial charge < -0.3 is 10.1 Å². The van der Waals surface area contributed by atoms with E-state index in [2.05, 4.69) is 19.2 Å². The summed E-state index contributed by atoms with van der Waals surface area (Å²) in [6.45, 7) is 6.52. The smallest absolute Gasteiger partial charge is 0.255 e. The van der Waals surface area contributed by atoms with Crippen molar-refractivity contribution in [1.82, 2.24) is 5.32 Å². The van der Waals surface area contributed by atoms with Crippen LogP contribution >= 0.6 is 11.6 Å². The van der Waals surface area contributed by atoms with Crippen LogP contribution in [0.1, 0.15) is 36.7 Å². The van der Waals surface area contributed by atoms with Crippen LogP contribution in [0, 0.1) is 5.92 Å². The van der Waals surface area contributed by atoms with Gasteiger partial charge in [0.05, 0.1) is 5.56 Å². The molecule has 2 aromatic rings. The van der Waals surface area contributed by atoms with Crippen molar-refractivity contribution in [2.75, 3.05) is 0 Å². The molecule has 2 rings (SSSR count). The van der Waals surface area contributed by atoms with Crippen molar-refractivity contribution in [2.24, 2.45) is 5.92 Å². The van der Waals surface area contributed by atoms with E-state index in [1.165, 1.54) is 0 Å². The average Bonchev–Trinajstić information content (AvgIpc) is 2.54. The molecule has 1 N–H and O–H groups in total. The Labute approximate surface area is 142 Å². The van der Waals surface area contributed by atoms with Crippen molar-refractivity contribution in [3.63, 3.8) is 0 Å². The van der Waals surface area contributed by atoms with Crippen LogP contribution in [0.25, 0.3) is 0 Å². The molecule has 23 heavy (non-hydrogen) atoms. The molecule has 4 heteroatoms.